The minimum atomic E-state index is -0.982. The Morgan fingerprint density at radius 3 is 2.81 bits per heavy atom. The molecule has 0 aromatic carbocycles. The van der Waals surface area contributed by atoms with Gasteiger partial charge in [-0.25, -0.2) is 4.79 Å². The molecule has 0 saturated heterocycles. The zero-order chi connectivity index (χ0) is 15.4. The third kappa shape index (κ3) is 4.17. The fourth-order valence-corrected chi connectivity index (χ4v) is 3.70. The molecule has 0 bridgehead atoms. The zero-order valence-corrected chi connectivity index (χ0v) is 13.2. The van der Waals surface area contributed by atoms with E-state index in [-0.39, 0.29) is 5.91 Å². The first-order chi connectivity index (χ1) is 9.97. The van der Waals surface area contributed by atoms with Crippen LogP contribution in [-0.2, 0) is 4.79 Å². The molecule has 1 fully saturated rings. The van der Waals surface area contributed by atoms with Crippen molar-refractivity contribution >= 4 is 29.3 Å². The number of rotatable bonds is 4. The molecule has 1 heterocycles. The van der Waals surface area contributed by atoms with Gasteiger partial charge in [0.05, 0.1) is 4.88 Å². The molecular weight excluding hydrogens is 286 g/mol. The summed E-state index contributed by atoms with van der Waals surface area (Å²) >= 11 is 1.33. The number of amides is 1. The number of hydrogen-bond donors (Lipinski definition) is 1. The van der Waals surface area contributed by atoms with Crippen LogP contribution in [0.25, 0.3) is 6.08 Å². The highest BCUT2D eigenvalue weighted by atomic mass is 32.1. The van der Waals surface area contributed by atoms with Gasteiger partial charge in [0, 0.05) is 24.0 Å². The van der Waals surface area contributed by atoms with Gasteiger partial charge in [0.2, 0.25) is 0 Å². The standard InChI is InChI=1S/C16H21NO3S/c1-11-4-3-5-12(10-11)17(2)16(20)14-8-6-13(21-14)7-9-15(18)19/h6-9,11-12H,3-5,10H2,1-2H3,(H,18,19). The van der Waals surface area contributed by atoms with Crippen LogP contribution >= 0.6 is 11.3 Å². The van der Waals surface area contributed by atoms with Crippen LogP contribution in [-0.4, -0.2) is 35.0 Å². The lowest BCUT2D eigenvalue weighted by Gasteiger charge is -2.33. The second-order valence-corrected chi connectivity index (χ2v) is 6.83. The van der Waals surface area contributed by atoms with Gasteiger partial charge in [-0.15, -0.1) is 11.3 Å². The Morgan fingerprint density at radius 2 is 2.14 bits per heavy atom. The van der Waals surface area contributed by atoms with Crippen molar-refractivity contribution in [1.82, 2.24) is 4.90 Å². The van der Waals surface area contributed by atoms with Crippen LogP contribution in [0, 0.1) is 5.92 Å². The largest absolute Gasteiger partial charge is 0.478 e. The molecule has 2 atom stereocenters. The smallest absolute Gasteiger partial charge is 0.328 e. The van der Waals surface area contributed by atoms with Crippen molar-refractivity contribution in [3.8, 4) is 0 Å². The molecule has 1 aromatic rings. The van der Waals surface area contributed by atoms with Crippen molar-refractivity contribution in [2.24, 2.45) is 5.92 Å². The molecule has 0 aliphatic heterocycles. The van der Waals surface area contributed by atoms with Gasteiger partial charge < -0.3 is 10.0 Å². The maximum Gasteiger partial charge on any atom is 0.328 e. The second-order valence-electron chi connectivity index (χ2n) is 5.72. The van der Waals surface area contributed by atoms with E-state index in [1.54, 1.807) is 12.1 Å². The Morgan fingerprint density at radius 1 is 1.38 bits per heavy atom. The molecule has 1 aliphatic carbocycles. The van der Waals surface area contributed by atoms with Gasteiger partial charge >= 0.3 is 5.97 Å². The van der Waals surface area contributed by atoms with Crippen molar-refractivity contribution in [3.05, 3.63) is 28.0 Å². The van der Waals surface area contributed by atoms with Gasteiger partial charge in [-0.05, 0) is 37.0 Å². The van der Waals surface area contributed by atoms with Crippen LogP contribution < -0.4 is 0 Å². The van der Waals surface area contributed by atoms with Crippen LogP contribution in [0.15, 0.2) is 18.2 Å². The number of carbonyl (C=O) groups is 2. The van der Waals surface area contributed by atoms with Gasteiger partial charge in [0.1, 0.15) is 0 Å². The molecule has 1 N–H and O–H groups in total. The number of thiophene rings is 1. The van der Waals surface area contributed by atoms with Gasteiger partial charge in [-0.3, -0.25) is 4.79 Å². The number of nitrogens with zero attached hydrogens (tertiary/aromatic N) is 1. The van der Waals surface area contributed by atoms with E-state index >= 15 is 0 Å². The lowest BCUT2D eigenvalue weighted by molar-refractivity contribution is -0.131. The van der Waals surface area contributed by atoms with E-state index in [1.165, 1.54) is 30.3 Å². The van der Waals surface area contributed by atoms with E-state index in [4.69, 9.17) is 5.11 Å². The summed E-state index contributed by atoms with van der Waals surface area (Å²) in [6, 6.07) is 3.88. The molecule has 1 amide bonds. The van der Waals surface area contributed by atoms with E-state index in [1.807, 2.05) is 11.9 Å². The van der Waals surface area contributed by atoms with Gasteiger partial charge in [-0.2, -0.15) is 0 Å². The second kappa shape index (κ2) is 6.89. The van der Waals surface area contributed by atoms with Crippen LogP contribution in [0.5, 0.6) is 0 Å². The third-order valence-electron chi connectivity index (χ3n) is 4.00. The minimum absolute atomic E-state index is 0.0362. The topological polar surface area (TPSA) is 57.6 Å². The number of carboxylic acids is 1. The molecule has 2 rings (SSSR count). The van der Waals surface area contributed by atoms with E-state index in [9.17, 15) is 9.59 Å². The van der Waals surface area contributed by atoms with Crippen molar-refractivity contribution in [3.63, 3.8) is 0 Å². The summed E-state index contributed by atoms with van der Waals surface area (Å²) in [6.45, 7) is 2.24. The molecule has 21 heavy (non-hydrogen) atoms. The van der Waals surface area contributed by atoms with Crippen LogP contribution in [0.1, 0.15) is 47.2 Å². The van der Waals surface area contributed by atoms with Gasteiger partial charge in [-0.1, -0.05) is 19.8 Å². The average Bonchev–Trinajstić information content (AvgIpc) is 2.92. The first-order valence-corrected chi connectivity index (χ1v) is 8.07. The van der Waals surface area contributed by atoms with E-state index in [2.05, 4.69) is 6.92 Å². The molecule has 4 nitrogen and oxygen atoms in total. The molecule has 1 aliphatic rings. The summed E-state index contributed by atoms with van der Waals surface area (Å²) in [7, 11) is 1.87. The molecule has 5 heteroatoms. The lowest BCUT2D eigenvalue weighted by atomic mass is 9.86. The predicted molar refractivity (Wildman–Crippen MR) is 84.5 cm³/mol. The summed E-state index contributed by atoms with van der Waals surface area (Å²) in [6.07, 6.45) is 7.18. The first kappa shape index (κ1) is 15.8. The van der Waals surface area contributed by atoms with Gasteiger partial charge in [0.15, 0.2) is 0 Å². The molecule has 1 aromatic heterocycles. The summed E-state index contributed by atoms with van der Waals surface area (Å²) in [5, 5.41) is 8.62. The number of carboxylic acid groups (broad SMARTS) is 1. The summed E-state index contributed by atoms with van der Waals surface area (Å²) < 4.78 is 0. The zero-order valence-electron chi connectivity index (χ0n) is 12.4. The first-order valence-electron chi connectivity index (χ1n) is 7.25. The van der Waals surface area contributed by atoms with Gasteiger partial charge in [0.25, 0.3) is 5.91 Å². The number of hydrogen-bond acceptors (Lipinski definition) is 3. The lowest BCUT2D eigenvalue weighted by Crippen LogP contribution is -2.39. The van der Waals surface area contributed by atoms with Crippen LogP contribution in [0.4, 0.5) is 0 Å². The van der Waals surface area contributed by atoms with Crippen molar-refractivity contribution < 1.29 is 14.7 Å². The molecule has 0 radical (unpaired) electrons. The Bertz CT molecular complexity index is 549. The minimum Gasteiger partial charge on any atom is -0.478 e. The predicted octanol–water partition coefficient (Wildman–Crippen LogP) is 3.50. The molecule has 2 unspecified atom stereocenters. The van der Waals surface area contributed by atoms with Crippen molar-refractivity contribution in [1.29, 1.82) is 0 Å². The molecule has 114 valence electrons. The quantitative estimate of drug-likeness (QED) is 0.866. The normalized spacial score (nSPS) is 22.4. The number of carbonyl (C=O) groups excluding carboxylic acids is 1. The van der Waals surface area contributed by atoms with E-state index < -0.39 is 5.97 Å². The van der Waals surface area contributed by atoms with E-state index in [0.717, 1.165) is 23.8 Å². The highest BCUT2D eigenvalue weighted by Gasteiger charge is 2.26. The summed E-state index contributed by atoms with van der Waals surface area (Å²) in [5.74, 6) is -0.268. The Balaban J connectivity index is 2.03. The number of aliphatic carboxylic acids is 1. The monoisotopic (exact) mass is 307 g/mol. The Hall–Kier alpha value is -1.62. The fourth-order valence-electron chi connectivity index (χ4n) is 2.80. The van der Waals surface area contributed by atoms with Crippen molar-refractivity contribution in [2.75, 3.05) is 7.05 Å². The highest BCUT2D eigenvalue weighted by molar-refractivity contribution is 7.14. The Kier molecular flexibility index (Phi) is 5.17. The summed E-state index contributed by atoms with van der Waals surface area (Å²) in [4.78, 5) is 26.3. The molecule has 0 spiro atoms. The SMILES string of the molecule is CC1CCCC(N(C)C(=O)c2ccc(C=CC(=O)O)s2)C1. The maximum atomic E-state index is 12.5. The Labute approximate surface area is 129 Å². The fraction of sp³-hybridized carbons (Fsp3) is 0.500. The molecular formula is C16H21NO3S. The van der Waals surface area contributed by atoms with Crippen LogP contribution in [0.3, 0.4) is 0 Å². The summed E-state index contributed by atoms with van der Waals surface area (Å²) in [5.41, 5.74) is 0. The average molecular weight is 307 g/mol. The van der Waals surface area contributed by atoms with Crippen LogP contribution in [0.2, 0.25) is 0 Å². The highest BCUT2D eigenvalue weighted by Crippen LogP contribution is 2.28. The van der Waals surface area contributed by atoms with E-state index in [0.29, 0.717) is 16.8 Å². The van der Waals surface area contributed by atoms with Crippen molar-refractivity contribution in [2.45, 2.75) is 38.6 Å². The maximum absolute atomic E-state index is 12.5. The molecule has 1 saturated carbocycles. The third-order valence-corrected chi connectivity index (χ3v) is 5.04.